The van der Waals surface area contributed by atoms with Crippen molar-refractivity contribution in [1.29, 1.82) is 0 Å². The third-order valence-corrected chi connectivity index (χ3v) is 4.04. The van der Waals surface area contributed by atoms with Crippen LogP contribution >= 0.6 is 0 Å². The lowest BCUT2D eigenvalue weighted by Crippen LogP contribution is -2.29. The molecule has 0 aliphatic rings. The summed E-state index contributed by atoms with van der Waals surface area (Å²) in [5.41, 5.74) is 0. The van der Waals surface area contributed by atoms with E-state index < -0.39 is 16.1 Å². The van der Waals surface area contributed by atoms with E-state index in [1.54, 1.807) is 13.0 Å². The highest BCUT2D eigenvalue weighted by atomic mass is 32.2. The Labute approximate surface area is 95.8 Å². The van der Waals surface area contributed by atoms with Crippen LogP contribution in [0, 0.1) is 0 Å². The van der Waals surface area contributed by atoms with Crippen molar-refractivity contribution < 1.29 is 13.5 Å². The van der Waals surface area contributed by atoms with Crippen molar-refractivity contribution in [3.05, 3.63) is 24.5 Å². The summed E-state index contributed by atoms with van der Waals surface area (Å²) in [5, 5.41) is 9.10. The summed E-state index contributed by atoms with van der Waals surface area (Å²) < 4.78 is 25.1. The SMILES string of the molecule is CC(O)CCN(C)S(=O)(=O)c1cccnc1. The topological polar surface area (TPSA) is 70.5 Å². The van der Waals surface area contributed by atoms with E-state index in [0.717, 1.165) is 0 Å². The monoisotopic (exact) mass is 244 g/mol. The number of nitrogens with zero attached hydrogens (tertiary/aromatic N) is 2. The Morgan fingerprint density at radius 3 is 2.75 bits per heavy atom. The average Bonchev–Trinajstić information content (AvgIpc) is 2.27. The Balaban J connectivity index is 2.79. The van der Waals surface area contributed by atoms with E-state index in [0.29, 0.717) is 6.42 Å². The van der Waals surface area contributed by atoms with Gasteiger partial charge in [-0.2, -0.15) is 0 Å². The average molecular weight is 244 g/mol. The second-order valence-corrected chi connectivity index (χ2v) is 5.70. The predicted octanol–water partition coefficient (Wildman–Crippen LogP) is 0.473. The van der Waals surface area contributed by atoms with Gasteiger partial charge in [-0.15, -0.1) is 0 Å². The van der Waals surface area contributed by atoms with Gasteiger partial charge in [-0.25, -0.2) is 12.7 Å². The van der Waals surface area contributed by atoms with Gasteiger partial charge in [-0.1, -0.05) is 0 Å². The standard InChI is InChI=1S/C10H16N2O3S/c1-9(13)5-7-12(2)16(14,15)10-4-3-6-11-8-10/h3-4,6,8-9,13H,5,7H2,1-2H3. The lowest BCUT2D eigenvalue weighted by molar-refractivity contribution is 0.177. The number of aliphatic hydroxyl groups excluding tert-OH is 1. The predicted molar refractivity (Wildman–Crippen MR) is 60.4 cm³/mol. The maximum Gasteiger partial charge on any atom is 0.244 e. The van der Waals surface area contributed by atoms with Crippen LogP contribution in [0.5, 0.6) is 0 Å². The largest absolute Gasteiger partial charge is 0.393 e. The Hall–Kier alpha value is -0.980. The second kappa shape index (κ2) is 5.38. The zero-order valence-corrected chi connectivity index (χ0v) is 10.2. The summed E-state index contributed by atoms with van der Waals surface area (Å²) in [6, 6.07) is 3.08. The minimum atomic E-state index is -3.47. The van der Waals surface area contributed by atoms with Gasteiger partial charge in [0.15, 0.2) is 0 Å². The summed E-state index contributed by atoms with van der Waals surface area (Å²) in [6.07, 6.45) is 2.74. The van der Waals surface area contributed by atoms with E-state index >= 15 is 0 Å². The fraction of sp³-hybridized carbons (Fsp3) is 0.500. The molecule has 0 saturated carbocycles. The van der Waals surface area contributed by atoms with Crippen LogP contribution in [0.2, 0.25) is 0 Å². The van der Waals surface area contributed by atoms with E-state index in [2.05, 4.69) is 4.98 Å². The first-order valence-corrected chi connectivity index (χ1v) is 6.43. The lowest BCUT2D eigenvalue weighted by atomic mass is 10.3. The van der Waals surface area contributed by atoms with Gasteiger partial charge in [-0.05, 0) is 25.5 Å². The maximum absolute atomic E-state index is 11.9. The van der Waals surface area contributed by atoms with E-state index in [1.807, 2.05) is 0 Å². The van der Waals surface area contributed by atoms with Gasteiger partial charge in [0.05, 0.1) is 6.10 Å². The van der Waals surface area contributed by atoms with Crippen molar-refractivity contribution in [3.8, 4) is 0 Å². The third kappa shape index (κ3) is 3.26. The molecule has 0 amide bonds. The molecule has 0 saturated heterocycles. The molecule has 5 nitrogen and oxygen atoms in total. The molecule has 1 N–H and O–H groups in total. The molecule has 1 unspecified atom stereocenters. The van der Waals surface area contributed by atoms with Gasteiger partial charge in [-0.3, -0.25) is 4.98 Å². The van der Waals surface area contributed by atoms with Gasteiger partial charge in [0.25, 0.3) is 0 Å². The van der Waals surface area contributed by atoms with Gasteiger partial charge in [0.2, 0.25) is 10.0 Å². The highest BCUT2D eigenvalue weighted by molar-refractivity contribution is 7.89. The summed E-state index contributed by atoms with van der Waals surface area (Å²) in [5.74, 6) is 0. The zero-order valence-electron chi connectivity index (χ0n) is 9.37. The van der Waals surface area contributed by atoms with Crippen LogP contribution in [0.4, 0.5) is 0 Å². The number of pyridine rings is 1. The van der Waals surface area contributed by atoms with Gasteiger partial charge in [0, 0.05) is 26.0 Å². The molecule has 0 aliphatic carbocycles. The minimum Gasteiger partial charge on any atom is -0.393 e. The molecule has 1 heterocycles. The molecule has 0 radical (unpaired) electrons. The normalized spacial score (nSPS) is 14.0. The molecule has 0 fully saturated rings. The van der Waals surface area contributed by atoms with Crippen LogP contribution in [-0.4, -0.2) is 42.5 Å². The van der Waals surface area contributed by atoms with E-state index in [9.17, 15) is 8.42 Å². The van der Waals surface area contributed by atoms with Crippen LogP contribution in [0.1, 0.15) is 13.3 Å². The number of aliphatic hydroxyl groups is 1. The van der Waals surface area contributed by atoms with Crippen molar-refractivity contribution in [2.45, 2.75) is 24.3 Å². The van der Waals surface area contributed by atoms with Gasteiger partial charge >= 0.3 is 0 Å². The molecule has 0 aliphatic heterocycles. The molecule has 6 heteroatoms. The number of aromatic nitrogens is 1. The molecule has 1 aromatic heterocycles. The molecule has 1 atom stereocenters. The highest BCUT2D eigenvalue weighted by Crippen LogP contribution is 2.12. The second-order valence-electron chi connectivity index (χ2n) is 3.65. The zero-order chi connectivity index (χ0) is 12.2. The molecule has 0 bridgehead atoms. The maximum atomic E-state index is 11.9. The number of rotatable bonds is 5. The van der Waals surface area contributed by atoms with Crippen LogP contribution in [0.3, 0.4) is 0 Å². The molecule has 1 rings (SSSR count). The molecule has 1 aromatic rings. The smallest absolute Gasteiger partial charge is 0.244 e. The van der Waals surface area contributed by atoms with Crippen molar-refractivity contribution >= 4 is 10.0 Å². The van der Waals surface area contributed by atoms with Crippen LogP contribution in [-0.2, 0) is 10.0 Å². The van der Waals surface area contributed by atoms with E-state index in [1.165, 1.54) is 29.8 Å². The summed E-state index contributed by atoms with van der Waals surface area (Å²) in [4.78, 5) is 3.94. The first-order chi connectivity index (χ1) is 7.44. The quantitative estimate of drug-likeness (QED) is 0.817. The Kier molecular flexibility index (Phi) is 4.40. The fourth-order valence-corrected chi connectivity index (χ4v) is 2.32. The van der Waals surface area contributed by atoms with E-state index in [4.69, 9.17) is 5.11 Å². The number of sulfonamides is 1. The van der Waals surface area contributed by atoms with Crippen molar-refractivity contribution in [2.75, 3.05) is 13.6 Å². The summed E-state index contributed by atoms with van der Waals surface area (Å²) in [6.45, 7) is 1.92. The van der Waals surface area contributed by atoms with Crippen LogP contribution in [0.25, 0.3) is 0 Å². The van der Waals surface area contributed by atoms with Crippen LogP contribution < -0.4 is 0 Å². The van der Waals surface area contributed by atoms with E-state index in [-0.39, 0.29) is 11.4 Å². The van der Waals surface area contributed by atoms with Crippen LogP contribution in [0.15, 0.2) is 29.4 Å². The van der Waals surface area contributed by atoms with Crippen molar-refractivity contribution in [1.82, 2.24) is 9.29 Å². The molecular formula is C10H16N2O3S. The Morgan fingerprint density at radius 1 is 1.56 bits per heavy atom. The highest BCUT2D eigenvalue weighted by Gasteiger charge is 2.20. The van der Waals surface area contributed by atoms with Gasteiger partial charge < -0.3 is 5.11 Å². The van der Waals surface area contributed by atoms with Crippen molar-refractivity contribution in [2.24, 2.45) is 0 Å². The molecular weight excluding hydrogens is 228 g/mol. The van der Waals surface area contributed by atoms with Gasteiger partial charge in [0.1, 0.15) is 4.90 Å². The fourth-order valence-electron chi connectivity index (χ4n) is 1.17. The Morgan fingerprint density at radius 2 is 2.25 bits per heavy atom. The van der Waals surface area contributed by atoms with Crippen molar-refractivity contribution in [3.63, 3.8) is 0 Å². The molecule has 16 heavy (non-hydrogen) atoms. The molecule has 0 spiro atoms. The number of hydrogen-bond donors (Lipinski definition) is 1. The third-order valence-electron chi connectivity index (χ3n) is 2.20. The lowest BCUT2D eigenvalue weighted by Gasteiger charge is -2.17. The summed E-state index contributed by atoms with van der Waals surface area (Å²) in [7, 11) is -1.98. The number of hydrogen-bond acceptors (Lipinski definition) is 4. The molecule has 0 aromatic carbocycles. The molecule has 90 valence electrons. The summed E-state index contributed by atoms with van der Waals surface area (Å²) >= 11 is 0. The Bertz CT molecular complexity index is 417. The first kappa shape index (κ1) is 13.1. The minimum absolute atomic E-state index is 0.170. The first-order valence-electron chi connectivity index (χ1n) is 4.99.